The number of carbonyl (C=O) groups excluding carboxylic acids is 1. The van der Waals surface area contributed by atoms with Gasteiger partial charge in [0, 0.05) is 17.0 Å². The highest BCUT2D eigenvalue weighted by atomic mass is 35.5. The summed E-state index contributed by atoms with van der Waals surface area (Å²) in [4.78, 5) is 12.3. The Kier molecular flexibility index (Phi) is 3.83. The fourth-order valence-electron chi connectivity index (χ4n) is 2.17. The molecule has 0 heterocycles. The Hall–Kier alpha value is -1.60. The maximum Gasteiger partial charge on any atom is 0.167 e. The Morgan fingerprint density at radius 3 is 2.28 bits per heavy atom. The van der Waals surface area contributed by atoms with Crippen LogP contribution < -0.4 is 0 Å². The van der Waals surface area contributed by atoms with Crippen molar-refractivity contribution in [1.82, 2.24) is 0 Å². The molecule has 1 nitrogen and oxygen atoms in total. The number of hydrogen-bond acceptors (Lipinski definition) is 1. The van der Waals surface area contributed by atoms with E-state index in [1.165, 1.54) is 0 Å². The molecule has 0 aromatic heterocycles. The van der Waals surface area contributed by atoms with Crippen LogP contribution in [0.15, 0.2) is 42.5 Å². The van der Waals surface area contributed by atoms with E-state index >= 15 is 0 Å². The Bertz CT molecular complexity index is 567. The van der Waals surface area contributed by atoms with Crippen molar-refractivity contribution >= 4 is 17.4 Å². The Morgan fingerprint density at radius 2 is 1.67 bits per heavy atom. The van der Waals surface area contributed by atoms with E-state index in [9.17, 15) is 4.79 Å². The molecular formula is C16H15ClO. The van der Waals surface area contributed by atoms with Gasteiger partial charge in [0.2, 0.25) is 0 Å². The summed E-state index contributed by atoms with van der Waals surface area (Å²) in [5, 5.41) is 0.668. The van der Waals surface area contributed by atoms with Crippen molar-refractivity contribution < 1.29 is 4.79 Å². The lowest BCUT2D eigenvalue weighted by molar-refractivity contribution is 0.0992. The van der Waals surface area contributed by atoms with Gasteiger partial charge in [-0.05, 0) is 42.7 Å². The van der Waals surface area contributed by atoms with Crippen molar-refractivity contribution in [3.63, 3.8) is 0 Å². The van der Waals surface area contributed by atoms with Crippen molar-refractivity contribution in [2.75, 3.05) is 0 Å². The van der Waals surface area contributed by atoms with Gasteiger partial charge < -0.3 is 0 Å². The van der Waals surface area contributed by atoms with E-state index in [4.69, 9.17) is 11.6 Å². The zero-order valence-corrected chi connectivity index (χ0v) is 11.3. The number of carbonyl (C=O) groups is 1. The van der Waals surface area contributed by atoms with Gasteiger partial charge in [-0.2, -0.15) is 0 Å². The van der Waals surface area contributed by atoms with Crippen LogP contribution in [0.4, 0.5) is 0 Å². The molecule has 0 atom stereocenters. The van der Waals surface area contributed by atoms with Crippen molar-refractivity contribution in [2.24, 2.45) is 0 Å². The molecule has 2 rings (SSSR count). The predicted molar refractivity (Wildman–Crippen MR) is 75.4 cm³/mol. The van der Waals surface area contributed by atoms with Crippen LogP contribution >= 0.6 is 11.6 Å². The summed E-state index contributed by atoms with van der Waals surface area (Å²) in [6.45, 7) is 3.94. The molecule has 2 aromatic rings. The van der Waals surface area contributed by atoms with Crippen LogP contribution in [0.1, 0.15) is 27.0 Å². The second-order valence-electron chi connectivity index (χ2n) is 4.50. The molecule has 0 N–H and O–H groups in total. The third-order valence-electron chi connectivity index (χ3n) is 3.01. The number of rotatable bonds is 3. The SMILES string of the molecule is Cc1cccc(C)c1C(=O)Cc1cccc(Cl)c1. The molecule has 18 heavy (non-hydrogen) atoms. The third-order valence-corrected chi connectivity index (χ3v) is 3.25. The van der Waals surface area contributed by atoms with E-state index in [1.807, 2.05) is 56.3 Å². The molecule has 0 saturated heterocycles. The van der Waals surface area contributed by atoms with Gasteiger partial charge >= 0.3 is 0 Å². The lowest BCUT2D eigenvalue weighted by Crippen LogP contribution is -2.07. The number of ketones is 1. The summed E-state index contributed by atoms with van der Waals surface area (Å²) in [5.41, 5.74) is 3.84. The first-order valence-electron chi connectivity index (χ1n) is 5.92. The molecule has 0 fully saturated rings. The highest BCUT2D eigenvalue weighted by Crippen LogP contribution is 2.18. The third kappa shape index (κ3) is 2.80. The van der Waals surface area contributed by atoms with Gasteiger partial charge in [-0.3, -0.25) is 4.79 Å². The molecule has 0 aliphatic carbocycles. The van der Waals surface area contributed by atoms with E-state index in [1.54, 1.807) is 0 Å². The lowest BCUT2D eigenvalue weighted by atomic mass is 9.95. The molecule has 0 aliphatic heterocycles. The molecule has 2 aromatic carbocycles. The first-order chi connectivity index (χ1) is 8.58. The van der Waals surface area contributed by atoms with Gasteiger partial charge in [-0.1, -0.05) is 41.9 Å². The minimum Gasteiger partial charge on any atom is -0.294 e. The molecule has 0 spiro atoms. The van der Waals surface area contributed by atoms with Gasteiger partial charge in [-0.25, -0.2) is 0 Å². The van der Waals surface area contributed by atoms with E-state index in [0.29, 0.717) is 11.4 Å². The smallest absolute Gasteiger partial charge is 0.167 e. The van der Waals surface area contributed by atoms with Gasteiger partial charge in [0.15, 0.2) is 5.78 Å². The topological polar surface area (TPSA) is 17.1 Å². The largest absolute Gasteiger partial charge is 0.294 e. The molecule has 0 amide bonds. The van der Waals surface area contributed by atoms with Crippen LogP contribution in [0.3, 0.4) is 0 Å². The Morgan fingerprint density at radius 1 is 1.06 bits per heavy atom. The summed E-state index contributed by atoms with van der Waals surface area (Å²) in [6.07, 6.45) is 0.395. The second-order valence-corrected chi connectivity index (χ2v) is 4.93. The van der Waals surface area contributed by atoms with E-state index in [2.05, 4.69) is 0 Å². The Labute approximate surface area is 112 Å². The zero-order chi connectivity index (χ0) is 13.1. The summed E-state index contributed by atoms with van der Waals surface area (Å²) < 4.78 is 0. The zero-order valence-electron chi connectivity index (χ0n) is 10.5. The molecule has 2 heteroatoms. The number of hydrogen-bond donors (Lipinski definition) is 0. The average molecular weight is 259 g/mol. The molecule has 0 bridgehead atoms. The van der Waals surface area contributed by atoms with Gasteiger partial charge in [0.25, 0.3) is 0 Å². The van der Waals surface area contributed by atoms with Gasteiger partial charge in [0.1, 0.15) is 0 Å². The highest BCUT2D eigenvalue weighted by Gasteiger charge is 2.12. The fraction of sp³-hybridized carbons (Fsp3) is 0.188. The molecule has 0 saturated carbocycles. The lowest BCUT2D eigenvalue weighted by Gasteiger charge is -2.08. The van der Waals surface area contributed by atoms with Crippen molar-refractivity contribution in [1.29, 1.82) is 0 Å². The number of halogens is 1. The fourth-order valence-corrected chi connectivity index (χ4v) is 2.39. The minimum absolute atomic E-state index is 0.146. The van der Waals surface area contributed by atoms with E-state index < -0.39 is 0 Å². The van der Waals surface area contributed by atoms with Crippen LogP contribution in [0.25, 0.3) is 0 Å². The summed E-state index contributed by atoms with van der Waals surface area (Å²) >= 11 is 5.93. The number of aryl methyl sites for hydroxylation is 2. The second kappa shape index (κ2) is 5.36. The summed E-state index contributed by atoms with van der Waals surface area (Å²) in [5.74, 6) is 0.146. The predicted octanol–water partition coefficient (Wildman–Crippen LogP) is 4.38. The maximum absolute atomic E-state index is 12.3. The minimum atomic E-state index is 0.146. The molecular weight excluding hydrogens is 244 g/mol. The van der Waals surface area contributed by atoms with Crippen molar-refractivity contribution in [3.05, 3.63) is 69.7 Å². The van der Waals surface area contributed by atoms with Crippen LogP contribution in [0.2, 0.25) is 5.02 Å². The Balaban J connectivity index is 2.28. The first kappa shape index (κ1) is 12.8. The van der Waals surface area contributed by atoms with Crippen LogP contribution in [-0.4, -0.2) is 5.78 Å². The quantitative estimate of drug-likeness (QED) is 0.747. The van der Waals surface area contributed by atoms with Crippen LogP contribution in [0.5, 0.6) is 0 Å². The molecule has 0 aliphatic rings. The normalized spacial score (nSPS) is 10.4. The van der Waals surface area contributed by atoms with Crippen molar-refractivity contribution in [2.45, 2.75) is 20.3 Å². The number of Topliss-reactive ketones (excluding diaryl/α,β-unsaturated/α-hetero) is 1. The van der Waals surface area contributed by atoms with Gasteiger partial charge in [-0.15, -0.1) is 0 Å². The van der Waals surface area contributed by atoms with E-state index in [-0.39, 0.29) is 5.78 Å². The van der Waals surface area contributed by atoms with Crippen LogP contribution in [0, 0.1) is 13.8 Å². The van der Waals surface area contributed by atoms with Crippen molar-refractivity contribution in [3.8, 4) is 0 Å². The number of benzene rings is 2. The molecule has 0 radical (unpaired) electrons. The summed E-state index contributed by atoms with van der Waals surface area (Å²) in [7, 11) is 0. The standard InChI is InChI=1S/C16H15ClO/c1-11-5-3-6-12(2)16(11)15(18)10-13-7-4-8-14(17)9-13/h3-9H,10H2,1-2H3. The van der Waals surface area contributed by atoms with E-state index in [0.717, 1.165) is 22.3 Å². The monoisotopic (exact) mass is 258 g/mol. The first-order valence-corrected chi connectivity index (χ1v) is 6.29. The summed E-state index contributed by atoms with van der Waals surface area (Å²) in [6, 6.07) is 13.4. The maximum atomic E-state index is 12.3. The van der Waals surface area contributed by atoms with Gasteiger partial charge in [0.05, 0.1) is 0 Å². The average Bonchev–Trinajstić information content (AvgIpc) is 2.28. The molecule has 92 valence electrons. The van der Waals surface area contributed by atoms with Crippen LogP contribution in [-0.2, 0) is 6.42 Å². The molecule has 0 unspecified atom stereocenters. The highest BCUT2D eigenvalue weighted by molar-refractivity contribution is 6.30.